The lowest BCUT2D eigenvalue weighted by molar-refractivity contribution is 1.13. The summed E-state index contributed by atoms with van der Waals surface area (Å²) in [6.07, 6.45) is 1.59. The van der Waals surface area contributed by atoms with Crippen molar-refractivity contribution in [3.05, 3.63) is 35.0 Å². The first kappa shape index (κ1) is 10.7. The Bertz CT molecular complexity index is 585. The molecule has 2 rings (SSSR count). The number of nitrogens with zero attached hydrogens (tertiary/aromatic N) is 3. The van der Waals surface area contributed by atoms with Gasteiger partial charge in [0, 0.05) is 30.7 Å². The minimum absolute atomic E-state index is 0.555. The normalized spacial score (nSPS) is 10.1. The highest BCUT2D eigenvalue weighted by atomic mass is 35.5. The molecule has 0 radical (unpaired) electrons. The Labute approximate surface area is 98.9 Å². The summed E-state index contributed by atoms with van der Waals surface area (Å²) in [5, 5.41) is 10.6. The molecule has 3 nitrogen and oxygen atoms in total. The van der Waals surface area contributed by atoms with Gasteiger partial charge in [0.25, 0.3) is 0 Å². The molecule has 80 valence electrons. The molecule has 0 unspecified atom stereocenters. The first-order chi connectivity index (χ1) is 7.63. The van der Waals surface area contributed by atoms with Crippen molar-refractivity contribution >= 4 is 28.2 Å². The van der Waals surface area contributed by atoms with Crippen LogP contribution in [0.15, 0.2) is 24.4 Å². The molecule has 0 aliphatic rings. The molecule has 0 N–H and O–H groups in total. The third kappa shape index (κ3) is 1.68. The molecule has 0 amide bonds. The number of pyridine rings is 1. The van der Waals surface area contributed by atoms with Gasteiger partial charge < -0.3 is 4.90 Å². The van der Waals surface area contributed by atoms with Gasteiger partial charge in [-0.2, -0.15) is 5.26 Å². The van der Waals surface area contributed by atoms with Gasteiger partial charge in [-0.15, -0.1) is 0 Å². The van der Waals surface area contributed by atoms with Crippen LogP contribution >= 0.6 is 11.6 Å². The van der Waals surface area contributed by atoms with Gasteiger partial charge in [-0.1, -0.05) is 11.6 Å². The summed E-state index contributed by atoms with van der Waals surface area (Å²) >= 11 is 5.96. The Hall–Kier alpha value is -1.79. The van der Waals surface area contributed by atoms with Gasteiger partial charge in [-0.25, -0.2) is 0 Å². The van der Waals surface area contributed by atoms with Gasteiger partial charge in [0.2, 0.25) is 0 Å². The van der Waals surface area contributed by atoms with E-state index in [1.807, 2.05) is 31.1 Å². The van der Waals surface area contributed by atoms with E-state index in [0.29, 0.717) is 10.6 Å². The molecule has 0 saturated heterocycles. The van der Waals surface area contributed by atoms with Crippen molar-refractivity contribution < 1.29 is 0 Å². The Morgan fingerprint density at radius 3 is 2.75 bits per heavy atom. The smallest absolute Gasteiger partial charge is 0.103 e. The number of anilines is 1. The van der Waals surface area contributed by atoms with Crippen LogP contribution in [0.2, 0.25) is 5.02 Å². The second kappa shape index (κ2) is 3.99. The monoisotopic (exact) mass is 231 g/mol. The number of rotatable bonds is 1. The quantitative estimate of drug-likeness (QED) is 0.758. The molecule has 0 aliphatic carbocycles. The molecule has 0 saturated carbocycles. The predicted molar refractivity (Wildman–Crippen MR) is 65.8 cm³/mol. The lowest BCUT2D eigenvalue weighted by atomic mass is 10.1. The number of benzene rings is 1. The van der Waals surface area contributed by atoms with E-state index in [-0.39, 0.29) is 0 Å². The van der Waals surface area contributed by atoms with E-state index in [9.17, 15) is 0 Å². The van der Waals surface area contributed by atoms with Crippen molar-refractivity contribution in [2.24, 2.45) is 0 Å². The Balaban J connectivity index is 2.88. The number of halogens is 1. The molecule has 1 aromatic heterocycles. The van der Waals surface area contributed by atoms with E-state index in [2.05, 4.69) is 11.1 Å². The number of aromatic nitrogens is 1. The van der Waals surface area contributed by atoms with Crippen molar-refractivity contribution in [2.75, 3.05) is 19.0 Å². The van der Waals surface area contributed by atoms with Crippen LogP contribution in [0.25, 0.3) is 10.9 Å². The Morgan fingerprint density at radius 1 is 1.38 bits per heavy atom. The van der Waals surface area contributed by atoms with Crippen molar-refractivity contribution in [1.29, 1.82) is 5.26 Å². The van der Waals surface area contributed by atoms with Crippen molar-refractivity contribution in [2.45, 2.75) is 0 Å². The number of nitriles is 1. The average Bonchev–Trinajstić information content (AvgIpc) is 2.26. The summed E-state index contributed by atoms with van der Waals surface area (Å²) in [6.45, 7) is 0. The van der Waals surface area contributed by atoms with Gasteiger partial charge in [0.1, 0.15) is 6.07 Å². The first-order valence-electron chi connectivity index (χ1n) is 4.79. The molecule has 16 heavy (non-hydrogen) atoms. The van der Waals surface area contributed by atoms with Gasteiger partial charge in [0.05, 0.1) is 16.8 Å². The van der Waals surface area contributed by atoms with Crippen LogP contribution < -0.4 is 4.90 Å². The van der Waals surface area contributed by atoms with E-state index < -0.39 is 0 Å². The predicted octanol–water partition coefficient (Wildman–Crippen LogP) is 2.83. The second-order valence-electron chi connectivity index (χ2n) is 3.69. The number of hydrogen-bond acceptors (Lipinski definition) is 3. The molecule has 0 spiro atoms. The highest BCUT2D eigenvalue weighted by Gasteiger charge is 2.10. The van der Waals surface area contributed by atoms with Crippen molar-refractivity contribution in [1.82, 2.24) is 4.98 Å². The standard InChI is InChI=1S/C12H10ClN3/c1-16(2)12-8(6-14)7-15-11-4-3-9(13)5-10(11)12/h3-5,7H,1-2H3. The second-order valence-corrected chi connectivity index (χ2v) is 4.12. The summed E-state index contributed by atoms with van der Waals surface area (Å²) < 4.78 is 0. The zero-order valence-electron chi connectivity index (χ0n) is 9.03. The van der Waals surface area contributed by atoms with Crippen molar-refractivity contribution in [3.8, 4) is 6.07 Å². The summed E-state index contributed by atoms with van der Waals surface area (Å²) in [5.74, 6) is 0. The lowest BCUT2D eigenvalue weighted by Crippen LogP contribution is -2.11. The molecule has 0 fully saturated rings. The summed E-state index contributed by atoms with van der Waals surface area (Å²) in [6, 6.07) is 7.62. The fraction of sp³-hybridized carbons (Fsp3) is 0.167. The van der Waals surface area contributed by atoms with E-state index >= 15 is 0 Å². The zero-order chi connectivity index (χ0) is 11.7. The van der Waals surface area contributed by atoms with E-state index in [1.54, 1.807) is 12.3 Å². The molecule has 4 heteroatoms. The molecule has 1 heterocycles. The van der Waals surface area contributed by atoms with Crippen molar-refractivity contribution in [3.63, 3.8) is 0 Å². The van der Waals surface area contributed by atoms with Crippen LogP contribution in [-0.4, -0.2) is 19.1 Å². The SMILES string of the molecule is CN(C)c1c(C#N)cnc2ccc(Cl)cc12. The largest absolute Gasteiger partial charge is 0.376 e. The minimum Gasteiger partial charge on any atom is -0.376 e. The molecular weight excluding hydrogens is 222 g/mol. The van der Waals surface area contributed by atoms with E-state index in [1.165, 1.54) is 0 Å². The molecule has 0 aliphatic heterocycles. The Kier molecular flexibility index (Phi) is 2.67. The zero-order valence-corrected chi connectivity index (χ0v) is 9.78. The lowest BCUT2D eigenvalue weighted by Gasteiger charge is -2.16. The van der Waals surface area contributed by atoms with Crippen LogP contribution in [-0.2, 0) is 0 Å². The molecular formula is C12H10ClN3. The molecule has 2 aromatic rings. The fourth-order valence-electron chi connectivity index (χ4n) is 1.71. The minimum atomic E-state index is 0.555. The molecule has 0 bridgehead atoms. The van der Waals surface area contributed by atoms with Crippen LogP contribution in [0.1, 0.15) is 5.56 Å². The number of hydrogen-bond donors (Lipinski definition) is 0. The first-order valence-corrected chi connectivity index (χ1v) is 5.17. The maximum absolute atomic E-state index is 9.05. The Morgan fingerprint density at radius 2 is 2.12 bits per heavy atom. The van der Waals surface area contributed by atoms with Crippen LogP contribution in [0.4, 0.5) is 5.69 Å². The third-order valence-corrected chi connectivity index (χ3v) is 2.60. The van der Waals surface area contributed by atoms with Gasteiger partial charge in [-0.3, -0.25) is 4.98 Å². The molecule has 1 aromatic carbocycles. The van der Waals surface area contributed by atoms with E-state index in [4.69, 9.17) is 16.9 Å². The highest BCUT2D eigenvalue weighted by molar-refractivity contribution is 6.31. The van der Waals surface area contributed by atoms with Gasteiger partial charge in [0.15, 0.2) is 0 Å². The maximum Gasteiger partial charge on any atom is 0.103 e. The highest BCUT2D eigenvalue weighted by Crippen LogP contribution is 2.29. The maximum atomic E-state index is 9.05. The fourth-order valence-corrected chi connectivity index (χ4v) is 1.89. The molecule has 0 atom stereocenters. The van der Waals surface area contributed by atoms with Gasteiger partial charge in [-0.05, 0) is 18.2 Å². The van der Waals surface area contributed by atoms with Crippen LogP contribution in [0.3, 0.4) is 0 Å². The third-order valence-electron chi connectivity index (χ3n) is 2.37. The number of fused-ring (bicyclic) bond motifs is 1. The van der Waals surface area contributed by atoms with E-state index in [0.717, 1.165) is 16.6 Å². The summed E-state index contributed by atoms with van der Waals surface area (Å²) in [5.41, 5.74) is 2.25. The van der Waals surface area contributed by atoms with Crippen LogP contribution in [0.5, 0.6) is 0 Å². The summed E-state index contributed by atoms with van der Waals surface area (Å²) in [4.78, 5) is 6.13. The average molecular weight is 232 g/mol. The summed E-state index contributed by atoms with van der Waals surface area (Å²) in [7, 11) is 3.80. The van der Waals surface area contributed by atoms with Crippen LogP contribution in [0, 0.1) is 11.3 Å². The van der Waals surface area contributed by atoms with Gasteiger partial charge >= 0.3 is 0 Å². The topological polar surface area (TPSA) is 39.9 Å².